The molecule has 1 aromatic rings. The summed E-state index contributed by atoms with van der Waals surface area (Å²) in [5.41, 5.74) is 6.13. The Bertz CT molecular complexity index is 238. The SMILES string of the molecule is NC1(CCCn2cnnc2)CC1. The van der Waals surface area contributed by atoms with Crippen LogP contribution >= 0.6 is 0 Å². The molecule has 0 saturated heterocycles. The fraction of sp³-hybridized carbons (Fsp3) is 0.750. The van der Waals surface area contributed by atoms with E-state index in [-0.39, 0.29) is 5.54 Å². The maximum Gasteiger partial charge on any atom is 0.119 e. The first kappa shape index (κ1) is 7.73. The van der Waals surface area contributed by atoms with E-state index in [1.165, 1.54) is 12.8 Å². The van der Waals surface area contributed by atoms with Crippen LogP contribution in [-0.4, -0.2) is 20.3 Å². The van der Waals surface area contributed by atoms with Crippen molar-refractivity contribution in [3.63, 3.8) is 0 Å². The lowest BCUT2D eigenvalue weighted by molar-refractivity contribution is 0.526. The molecule has 2 N–H and O–H groups in total. The van der Waals surface area contributed by atoms with Crippen molar-refractivity contribution >= 4 is 0 Å². The van der Waals surface area contributed by atoms with Crippen LogP contribution in [0.25, 0.3) is 0 Å². The summed E-state index contributed by atoms with van der Waals surface area (Å²) < 4.78 is 1.99. The first-order valence-electron chi connectivity index (χ1n) is 4.40. The minimum Gasteiger partial charge on any atom is -0.325 e. The minimum atomic E-state index is 0.189. The van der Waals surface area contributed by atoms with Gasteiger partial charge in [0.25, 0.3) is 0 Å². The van der Waals surface area contributed by atoms with Gasteiger partial charge in [-0.3, -0.25) is 0 Å². The van der Waals surface area contributed by atoms with Crippen LogP contribution in [0, 0.1) is 0 Å². The Morgan fingerprint density at radius 1 is 1.33 bits per heavy atom. The molecule has 1 saturated carbocycles. The van der Waals surface area contributed by atoms with E-state index in [9.17, 15) is 0 Å². The molecule has 0 bridgehead atoms. The summed E-state index contributed by atoms with van der Waals surface area (Å²) in [5, 5.41) is 7.47. The molecule has 0 amide bonds. The predicted molar refractivity (Wildman–Crippen MR) is 45.4 cm³/mol. The van der Waals surface area contributed by atoms with Gasteiger partial charge in [-0.05, 0) is 25.7 Å². The summed E-state index contributed by atoms with van der Waals surface area (Å²) >= 11 is 0. The Morgan fingerprint density at radius 3 is 2.58 bits per heavy atom. The van der Waals surface area contributed by atoms with E-state index >= 15 is 0 Å². The van der Waals surface area contributed by atoms with Crippen molar-refractivity contribution in [3.8, 4) is 0 Å². The van der Waals surface area contributed by atoms with Gasteiger partial charge in [-0.1, -0.05) is 0 Å². The molecule has 0 unspecified atom stereocenters. The van der Waals surface area contributed by atoms with Gasteiger partial charge in [0, 0.05) is 12.1 Å². The fourth-order valence-electron chi connectivity index (χ4n) is 1.36. The van der Waals surface area contributed by atoms with Crippen LogP contribution in [-0.2, 0) is 6.54 Å². The van der Waals surface area contributed by atoms with Crippen LogP contribution < -0.4 is 5.73 Å². The average molecular weight is 166 g/mol. The summed E-state index contributed by atoms with van der Waals surface area (Å²) in [4.78, 5) is 0. The first-order valence-corrected chi connectivity index (χ1v) is 4.40. The van der Waals surface area contributed by atoms with Crippen molar-refractivity contribution in [1.82, 2.24) is 14.8 Å². The monoisotopic (exact) mass is 166 g/mol. The molecule has 0 radical (unpaired) electrons. The predicted octanol–water partition coefficient (Wildman–Crippen LogP) is 0.550. The van der Waals surface area contributed by atoms with Crippen LogP contribution in [0.3, 0.4) is 0 Å². The van der Waals surface area contributed by atoms with Crippen molar-refractivity contribution in [1.29, 1.82) is 0 Å². The second kappa shape index (κ2) is 2.86. The fourth-order valence-corrected chi connectivity index (χ4v) is 1.36. The summed E-state index contributed by atoms with van der Waals surface area (Å²) in [6, 6.07) is 0. The van der Waals surface area contributed by atoms with E-state index in [1.807, 2.05) is 4.57 Å². The molecule has 1 aromatic heterocycles. The molecule has 1 aliphatic carbocycles. The molecule has 4 heteroatoms. The number of hydrogen-bond donors (Lipinski definition) is 1. The highest BCUT2D eigenvalue weighted by atomic mass is 15.2. The van der Waals surface area contributed by atoms with Crippen LogP contribution in [0.5, 0.6) is 0 Å². The standard InChI is InChI=1S/C8H14N4/c9-8(3-4-8)2-1-5-12-6-10-11-7-12/h6-7H,1-5,9H2. The quantitative estimate of drug-likeness (QED) is 0.710. The zero-order valence-corrected chi connectivity index (χ0v) is 7.11. The van der Waals surface area contributed by atoms with E-state index in [1.54, 1.807) is 12.7 Å². The minimum absolute atomic E-state index is 0.189. The van der Waals surface area contributed by atoms with Crippen molar-refractivity contribution in [3.05, 3.63) is 12.7 Å². The number of nitrogens with zero attached hydrogens (tertiary/aromatic N) is 3. The third-order valence-corrected chi connectivity index (χ3v) is 2.45. The molecule has 12 heavy (non-hydrogen) atoms. The third kappa shape index (κ3) is 1.82. The zero-order valence-electron chi connectivity index (χ0n) is 7.11. The molecule has 0 aromatic carbocycles. The van der Waals surface area contributed by atoms with Crippen molar-refractivity contribution < 1.29 is 0 Å². The molecule has 0 atom stereocenters. The number of rotatable bonds is 4. The summed E-state index contributed by atoms with van der Waals surface area (Å²) in [5.74, 6) is 0. The molecular weight excluding hydrogens is 152 g/mol. The largest absolute Gasteiger partial charge is 0.325 e. The van der Waals surface area contributed by atoms with Gasteiger partial charge in [0.15, 0.2) is 0 Å². The second-order valence-corrected chi connectivity index (χ2v) is 3.67. The maximum atomic E-state index is 5.95. The molecule has 0 aliphatic heterocycles. The van der Waals surface area contributed by atoms with Gasteiger partial charge in [0.05, 0.1) is 0 Å². The molecule has 4 nitrogen and oxygen atoms in total. The maximum absolute atomic E-state index is 5.95. The van der Waals surface area contributed by atoms with Crippen LogP contribution in [0.1, 0.15) is 25.7 Å². The van der Waals surface area contributed by atoms with Gasteiger partial charge >= 0.3 is 0 Å². The van der Waals surface area contributed by atoms with E-state index < -0.39 is 0 Å². The van der Waals surface area contributed by atoms with Crippen LogP contribution in [0.15, 0.2) is 12.7 Å². The molecule has 2 rings (SSSR count). The van der Waals surface area contributed by atoms with Gasteiger partial charge in [-0.2, -0.15) is 0 Å². The lowest BCUT2D eigenvalue weighted by atomic mass is 10.1. The number of hydrogen-bond acceptors (Lipinski definition) is 3. The Labute approximate surface area is 71.8 Å². The number of aromatic nitrogens is 3. The zero-order chi connectivity index (χ0) is 8.44. The summed E-state index contributed by atoms with van der Waals surface area (Å²) in [6.07, 6.45) is 8.16. The van der Waals surface area contributed by atoms with Gasteiger partial charge in [-0.25, -0.2) is 0 Å². The Balaban J connectivity index is 1.69. The van der Waals surface area contributed by atoms with Crippen LogP contribution in [0.4, 0.5) is 0 Å². The third-order valence-electron chi connectivity index (χ3n) is 2.45. The van der Waals surface area contributed by atoms with E-state index in [4.69, 9.17) is 5.73 Å². The second-order valence-electron chi connectivity index (χ2n) is 3.67. The Hall–Kier alpha value is -0.900. The Kier molecular flexibility index (Phi) is 1.84. The Morgan fingerprint density at radius 2 is 2.00 bits per heavy atom. The smallest absolute Gasteiger partial charge is 0.119 e. The van der Waals surface area contributed by atoms with Crippen molar-refractivity contribution in [2.75, 3.05) is 0 Å². The van der Waals surface area contributed by atoms with Gasteiger partial charge < -0.3 is 10.3 Å². The number of nitrogens with two attached hydrogens (primary N) is 1. The van der Waals surface area contributed by atoms with Crippen molar-refractivity contribution in [2.24, 2.45) is 5.73 Å². The molecular formula is C8H14N4. The lowest BCUT2D eigenvalue weighted by Gasteiger charge is -2.07. The summed E-state index contributed by atoms with van der Waals surface area (Å²) in [6.45, 7) is 0.992. The average Bonchev–Trinajstić information content (AvgIpc) is 2.61. The van der Waals surface area contributed by atoms with Gasteiger partial charge in [0.2, 0.25) is 0 Å². The van der Waals surface area contributed by atoms with Gasteiger partial charge in [0.1, 0.15) is 12.7 Å². The highest BCUT2D eigenvalue weighted by molar-refractivity contribution is 4.98. The molecule has 1 fully saturated rings. The van der Waals surface area contributed by atoms with E-state index in [0.717, 1.165) is 19.4 Å². The molecule has 66 valence electrons. The first-order chi connectivity index (χ1) is 5.79. The molecule has 1 heterocycles. The summed E-state index contributed by atoms with van der Waals surface area (Å²) in [7, 11) is 0. The normalized spacial score (nSPS) is 19.4. The van der Waals surface area contributed by atoms with Crippen LogP contribution in [0.2, 0.25) is 0 Å². The highest BCUT2D eigenvalue weighted by Crippen LogP contribution is 2.36. The van der Waals surface area contributed by atoms with Gasteiger partial charge in [-0.15, -0.1) is 10.2 Å². The molecule has 1 aliphatic rings. The van der Waals surface area contributed by atoms with E-state index in [2.05, 4.69) is 10.2 Å². The van der Waals surface area contributed by atoms with Crippen molar-refractivity contribution in [2.45, 2.75) is 37.8 Å². The highest BCUT2D eigenvalue weighted by Gasteiger charge is 2.36. The molecule has 0 spiro atoms. The topological polar surface area (TPSA) is 56.7 Å². The lowest BCUT2D eigenvalue weighted by Crippen LogP contribution is -2.21. The van der Waals surface area contributed by atoms with E-state index in [0.29, 0.717) is 0 Å². The number of aryl methyl sites for hydroxylation is 1.